The van der Waals surface area contributed by atoms with Gasteiger partial charge in [0.1, 0.15) is 6.61 Å². The van der Waals surface area contributed by atoms with Crippen LogP contribution in [0.3, 0.4) is 0 Å². The molecule has 2 rings (SSSR count). The molecule has 1 aliphatic rings. The summed E-state index contributed by atoms with van der Waals surface area (Å²) in [4.78, 5) is 37.5. The standard InChI is InChI=1S/C21H30N2O4S/c1-15(20(25)23(2)3)11-17-9-10-18(12-17)22-19(24)14-28-21(26)27-13-16-7-5-4-6-8-16/h4-8,15,17-18H,9-14H2,1-3H3,(H,22,24). The molecule has 0 heterocycles. The van der Waals surface area contributed by atoms with Gasteiger partial charge >= 0.3 is 5.30 Å². The lowest BCUT2D eigenvalue weighted by molar-refractivity contribution is -0.133. The predicted molar refractivity (Wildman–Crippen MR) is 111 cm³/mol. The Labute approximate surface area is 171 Å². The van der Waals surface area contributed by atoms with Gasteiger partial charge in [0.25, 0.3) is 0 Å². The zero-order valence-corrected chi connectivity index (χ0v) is 17.7. The molecular formula is C21H30N2O4S. The van der Waals surface area contributed by atoms with Crippen molar-refractivity contribution >= 4 is 28.9 Å². The third-order valence-electron chi connectivity index (χ3n) is 4.98. The fourth-order valence-electron chi connectivity index (χ4n) is 3.61. The van der Waals surface area contributed by atoms with Gasteiger partial charge in [-0.05, 0) is 48.9 Å². The first kappa shape index (κ1) is 22.3. The summed E-state index contributed by atoms with van der Waals surface area (Å²) in [5.74, 6) is 0.518. The van der Waals surface area contributed by atoms with E-state index >= 15 is 0 Å². The monoisotopic (exact) mass is 406 g/mol. The average molecular weight is 407 g/mol. The number of carbonyl (C=O) groups excluding carboxylic acids is 3. The second-order valence-electron chi connectivity index (χ2n) is 7.63. The lowest BCUT2D eigenvalue weighted by Crippen LogP contribution is -2.34. The fraction of sp³-hybridized carbons (Fsp3) is 0.571. The summed E-state index contributed by atoms with van der Waals surface area (Å²) in [6.07, 6.45) is 3.68. The van der Waals surface area contributed by atoms with Crippen LogP contribution in [-0.4, -0.2) is 47.9 Å². The minimum atomic E-state index is -0.445. The highest BCUT2D eigenvalue weighted by molar-refractivity contribution is 8.13. The van der Waals surface area contributed by atoms with Gasteiger partial charge in [0.2, 0.25) is 11.8 Å². The molecule has 0 radical (unpaired) electrons. The van der Waals surface area contributed by atoms with Gasteiger partial charge in [-0.2, -0.15) is 0 Å². The molecule has 1 aliphatic carbocycles. The van der Waals surface area contributed by atoms with Crippen molar-refractivity contribution in [3.05, 3.63) is 35.9 Å². The molecule has 0 saturated heterocycles. The van der Waals surface area contributed by atoms with Crippen LogP contribution in [-0.2, 0) is 20.9 Å². The van der Waals surface area contributed by atoms with Crippen molar-refractivity contribution in [3.63, 3.8) is 0 Å². The molecule has 1 aromatic carbocycles. The average Bonchev–Trinajstić information content (AvgIpc) is 3.11. The summed E-state index contributed by atoms with van der Waals surface area (Å²) >= 11 is 0.882. The summed E-state index contributed by atoms with van der Waals surface area (Å²) in [5, 5.41) is 2.56. The highest BCUT2D eigenvalue weighted by Gasteiger charge is 2.29. The van der Waals surface area contributed by atoms with Crippen molar-refractivity contribution in [2.45, 2.75) is 45.3 Å². The zero-order chi connectivity index (χ0) is 20.5. The number of hydrogen-bond acceptors (Lipinski definition) is 5. The molecule has 2 amide bonds. The van der Waals surface area contributed by atoms with Crippen LogP contribution in [0.4, 0.5) is 4.79 Å². The largest absolute Gasteiger partial charge is 0.453 e. The smallest absolute Gasteiger partial charge is 0.368 e. The van der Waals surface area contributed by atoms with Crippen LogP contribution in [0.2, 0.25) is 0 Å². The molecule has 1 aromatic rings. The quantitative estimate of drug-likeness (QED) is 0.669. The number of nitrogens with one attached hydrogen (secondary N) is 1. The van der Waals surface area contributed by atoms with Crippen molar-refractivity contribution < 1.29 is 19.1 Å². The normalized spacial score (nSPS) is 19.7. The second-order valence-corrected chi connectivity index (χ2v) is 8.54. The van der Waals surface area contributed by atoms with Crippen molar-refractivity contribution in [1.82, 2.24) is 10.2 Å². The van der Waals surface area contributed by atoms with Gasteiger partial charge in [-0.25, -0.2) is 4.79 Å². The molecular weight excluding hydrogens is 376 g/mol. The summed E-state index contributed by atoms with van der Waals surface area (Å²) in [6.45, 7) is 2.17. The van der Waals surface area contributed by atoms with E-state index in [2.05, 4.69) is 5.32 Å². The van der Waals surface area contributed by atoms with Crippen LogP contribution in [0.1, 0.15) is 38.2 Å². The van der Waals surface area contributed by atoms with Crippen LogP contribution >= 0.6 is 11.8 Å². The molecule has 1 fully saturated rings. The highest BCUT2D eigenvalue weighted by Crippen LogP contribution is 2.31. The summed E-state index contributed by atoms with van der Waals surface area (Å²) < 4.78 is 5.16. The first-order chi connectivity index (χ1) is 13.3. The van der Waals surface area contributed by atoms with Gasteiger partial charge in [0.15, 0.2) is 0 Å². The molecule has 1 saturated carbocycles. The zero-order valence-electron chi connectivity index (χ0n) is 16.8. The molecule has 3 unspecified atom stereocenters. The number of amides is 2. The SMILES string of the molecule is CC(CC1CCC(NC(=O)CSC(=O)OCc2ccccc2)C1)C(=O)N(C)C. The van der Waals surface area contributed by atoms with E-state index in [0.29, 0.717) is 5.92 Å². The summed E-state index contributed by atoms with van der Waals surface area (Å²) in [7, 11) is 3.55. The first-order valence-corrected chi connectivity index (χ1v) is 10.7. The Morgan fingerprint density at radius 3 is 2.61 bits per heavy atom. The fourth-order valence-corrected chi connectivity index (χ4v) is 4.09. The third kappa shape index (κ3) is 7.54. The number of hydrogen-bond donors (Lipinski definition) is 1. The number of carbonyl (C=O) groups is 3. The molecule has 28 heavy (non-hydrogen) atoms. The third-order valence-corrected chi connectivity index (χ3v) is 5.74. The van der Waals surface area contributed by atoms with E-state index in [1.165, 1.54) is 0 Å². The number of ether oxygens (including phenoxy) is 1. The number of rotatable bonds is 8. The Kier molecular flexibility index (Phi) is 8.83. The van der Waals surface area contributed by atoms with E-state index in [1.807, 2.05) is 37.3 Å². The van der Waals surface area contributed by atoms with Crippen molar-refractivity contribution in [1.29, 1.82) is 0 Å². The highest BCUT2D eigenvalue weighted by atomic mass is 32.2. The van der Waals surface area contributed by atoms with Crippen molar-refractivity contribution in [2.24, 2.45) is 11.8 Å². The van der Waals surface area contributed by atoms with E-state index in [9.17, 15) is 14.4 Å². The van der Waals surface area contributed by atoms with Gasteiger partial charge in [0.05, 0.1) is 5.75 Å². The molecule has 0 aromatic heterocycles. The van der Waals surface area contributed by atoms with Crippen LogP contribution in [0.25, 0.3) is 0 Å². The summed E-state index contributed by atoms with van der Waals surface area (Å²) in [5.41, 5.74) is 0.917. The molecule has 6 nitrogen and oxygen atoms in total. The lowest BCUT2D eigenvalue weighted by atomic mass is 9.93. The number of thioether (sulfide) groups is 1. The van der Waals surface area contributed by atoms with E-state index in [0.717, 1.165) is 43.0 Å². The molecule has 0 bridgehead atoms. The van der Waals surface area contributed by atoms with E-state index in [-0.39, 0.29) is 36.1 Å². The van der Waals surface area contributed by atoms with Crippen LogP contribution in [0, 0.1) is 11.8 Å². The molecule has 3 atom stereocenters. The van der Waals surface area contributed by atoms with E-state index in [4.69, 9.17) is 4.74 Å². The van der Waals surface area contributed by atoms with Crippen LogP contribution in [0.15, 0.2) is 30.3 Å². The van der Waals surface area contributed by atoms with Crippen LogP contribution in [0.5, 0.6) is 0 Å². The Morgan fingerprint density at radius 1 is 1.21 bits per heavy atom. The molecule has 0 aliphatic heterocycles. The van der Waals surface area contributed by atoms with E-state index < -0.39 is 5.30 Å². The van der Waals surface area contributed by atoms with Gasteiger partial charge in [-0.3, -0.25) is 9.59 Å². The van der Waals surface area contributed by atoms with Gasteiger partial charge in [-0.1, -0.05) is 37.3 Å². The maximum Gasteiger partial charge on any atom is 0.368 e. The first-order valence-electron chi connectivity index (χ1n) is 9.69. The van der Waals surface area contributed by atoms with Gasteiger partial charge < -0.3 is 15.0 Å². The molecule has 7 heteroatoms. The maximum atomic E-state index is 12.1. The van der Waals surface area contributed by atoms with Crippen LogP contribution < -0.4 is 5.32 Å². The summed E-state index contributed by atoms with van der Waals surface area (Å²) in [6, 6.07) is 9.56. The Bertz CT molecular complexity index is 666. The Hall–Kier alpha value is -2.02. The maximum absolute atomic E-state index is 12.1. The van der Waals surface area contributed by atoms with Crippen molar-refractivity contribution in [2.75, 3.05) is 19.8 Å². The number of nitrogens with zero attached hydrogens (tertiary/aromatic N) is 1. The Balaban J connectivity index is 1.62. The lowest BCUT2D eigenvalue weighted by Gasteiger charge is -2.20. The topological polar surface area (TPSA) is 75.7 Å². The second kappa shape index (κ2) is 11.1. The molecule has 0 spiro atoms. The Morgan fingerprint density at radius 2 is 1.93 bits per heavy atom. The van der Waals surface area contributed by atoms with Gasteiger partial charge in [0, 0.05) is 26.1 Å². The van der Waals surface area contributed by atoms with E-state index in [1.54, 1.807) is 19.0 Å². The molecule has 154 valence electrons. The van der Waals surface area contributed by atoms with Crippen molar-refractivity contribution in [3.8, 4) is 0 Å². The minimum Gasteiger partial charge on any atom is -0.453 e. The minimum absolute atomic E-state index is 0.00407. The van der Waals surface area contributed by atoms with Gasteiger partial charge in [-0.15, -0.1) is 0 Å². The molecule has 1 N–H and O–H groups in total. The number of benzene rings is 1. The predicted octanol–water partition coefficient (Wildman–Crippen LogP) is 3.46.